The molecule has 0 unspecified atom stereocenters. The van der Waals surface area contributed by atoms with E-state index in [1.165, 1.54) is 6.92 Å². The molecule has 25 heavy (non-hydrogen) atoms. The fraction of sp³-hybridized carbons (Fsp3) is 0.211. The summed E-state index contributed by atoms with van der Waals surface area (Å²) < 4.78 is 0. The van der Waals surface area contributed by atoms with Crippen LogP contribution in [0.4, 0.5) is 5.69 Å². The summed E-state index contributed by atoms with van der Waals surface area (Å²) in [4.78, 5) is 34.9. The van der Waals surface area contributed by atoms with Crippen molar-refractivity contribution in [3.05, 3.63) is 65.2 Å². The van der Waals surface area contributed by atoms with E-state index in [1.54, 1.807) is 36.4 Å². The Bertz CT molecular complexity index is 787. The molecule has 0 aliphatic carbocycles. The van der Waals surface area contributed by atoms with E-state index in [0.29, 0.717) is 17.8 Å². The van der Waals surface area contributed by atoms with Crippen molar-refractivity contribution in [2.45, 2.75) is 20.4 Å². The number of rotatable bonds is 6. The van der Waals surface area contributed by atoms with E-state index in [1.807, 2.05) is 19.1 Å². The number of carbonyl (C=O) groups is 3. The molecule has 130 valence electrons. The lowest BCUT2D eigenvalue weighted by Gasteiger charge is -2.09. The standard InChI is InChI=1S/C19H21N3O3/c1-13-5-3-7-16(9-13)19(25)21-12-18(24)20-11-15-6-4-8-17(10-15)22-14(2)23/h3-10H,11-12H2,1-2H3,(H,20,24)(H,21,25)(H,22,23). The highest BCUT2D eigenvalue weighted by Gasteiger charge is 2.08. The molecule has 0 saturated heterocycles. The first-order valence-corrected chi connectivity index (χ1v) is 7.92. The maximum atomic E-state index is 12.0. The van der Waals surface area contributed by atoms with Crippen LogP contribution < -0.4 is 16.0 Å². The lowest BCUT2D eigenvalue weighted by molar-refractivity contribution is -0.120. The quantitative estimate of drug-likeness (QED) is 0.752. The van der Waals surface area contributed by atoms with Crippen LogP contribution >= 0.6 is 0 Å². The third-order valence-corrected chi connectivity index (χ3v) is 3.43. The minimum Gasteiger partial charge on any atom is -0.350 e. The van der Waals surface area contributed by atoms with Crippen LogP contribution in [0.2, 0.25) is 0 Å². The molecule has 0 bridgehead atoms. The second-order valence-corrected chi connectivity index (χ2v) is 5.71. The Hall–Kier alpha value is -3.15. The Kier molecular flexibility index (Phi) is 6.28. The summed E-state index contributed by atoms with van der Waals surface area (Å²) in [5.74, 6) is -0.725. The molecule has 0 radical (unpaired) electrons. The molecular weight excluding hydrogens is 318 g/mol. The molecule has 2 aromatic rings. The van der Waals surface area contributed by atoms with Gasteiger partial charge in [0.25, 0.3) is 5.91 Å². The Balaban J connectivity index is 1.81. The zero-order valence-electron chi connectivity index (χ0n) is 14.3. The highest BCUT2D eigenvalue weighted by Crippen LogP contribution is 2.10. The van der Waals surface area contributed by atoms with Gasteiger partial charge in [0.15, 0.2) is 0 Å². The molecule has 3 N–H and O–H groups in total. The third-order valence-electron chi connectivity index (χ3n) is 3.43. The summed E-state index contributed by atoms with van der Waals surface area (Å²) in [7, 11) is 0. The monoisotopic (exact) mass is 339 g/mol. The Labute approximate surface area is 146 Å². The van der Waals surface area contributed by atoms with Gasteiger partial charge >= 0.3 is 0 Å². The van der Waals surface area contributed by atoms with Gasteiger partial charge in [-0.05, 0) is 36.8 Å². The zero-order chi connectivity index (χ0) is 18.2. The lowest BCUT2D eigenvalue weighted by Crippen LogP contribution is -2.36. The van der Waals surface area contributed by atoms with Crippen LogP contribution in [0, 0.1) is 6.92 Å². The van der Waals surface area contributed by atoms with Gasteiger partial charge in [0.05, 0.1) is 6.54 Å². The molecule has 0 aliphatic heterocycles. The first kappa shape index (κ1) is 18.2. The number of anilines is 1. The maximum absolute atomic E-state index is 12.0. The zero-order valence-corrected chi connectivity index (χ0v) is 14.3. The molecule has 0 fully saturated rings. The lowest BCUT2D eigenvalue weighted by atomic mass is 10.1. The molecule has 0 saturated carbocycles. The number of hydrogen-bond donors (Lipinski definition) is 3. The number of benzene rings is 2. The van der Waals surface area contributed by atoms with Gasteiger partial charge in [-0.2, -0.15) is 0 Å². The predicted molar refractivity (Wildman–Crippen MR) is 96.1 cm³/mol. The largest absolute Gasteiger partial charge is 0.350 e. The Morgan fingerprint density at radius 3 is 2.44 bits per heavy atom. The summed E-state index contributed by atoms with van der Waals surface area (Å²) >= 11 is 0. The number of aryl methyl sites for hydroxylation is 1. The SMILES string of the molecule is CC(=O)Nc1cccc(CNC(=O)CNC(=O)c2cccc(C)c2)c1. The normalized spacial score (nSPS) is 10.0. The van der Waals surface area contributed by atoms with E-state index in [2.05, 4.69) is 16.0 Å². The average molecular weight is 339 g/mol. The smallest absolute Gasteiger partial charge is 0.251 e. The van der Waals surface area contributed by atoms with E-state index in [4.69, 9.17) is 0 Å². The number of nitrogens with one attached hydrogen (secondary N) is 3. The van der Waals surface area contributed by atoms with E-state index in [0.717, 1.165) is 11.1 Å². The van der Waals surface area contributed by atoms with Crippen LogP contribution in [0.1, 0.15) is 28.4 Å². The van der Waals surface area contributed by atoms with Gasteiger partial charge < -0.3 is 16.0 Å². The average Bonchev–Trinajstić information content (AvgIpc) is 2.57. The van der Waals surface area contributed by atoms with Crippen molar-refractivity contribution in [3.8, 4) is 0 Å². The number of hydrogen-bond acceptors (Lipinski definition) is 3. The van der Waals surface area contributed by atoms with Gasteiger partial charge in [0.1, 0.15) is 0 Å². The van der Waals surface area contributed by atoms with Crippen LogP contribution in [-0.4, -0.2) is 24.3 Å². The van der Waals surface area contributed by atoms with Crippen LogP contribution in [0.25, 0.3) is 0 Å². The molecule has 0 heterocycles. The first-order valence-electron chi connectivity index (χ1n) is 7.92. The number of carbonyl (C=O) groups excluding carboxylic acids is 3. The summed E-state index contributed by atoms with van der Waals surface area (Å²) in [5.41, 5.74) is 3.03. The predicted octanol–water partition coefficient (Wildman–Crippen LogP) is 2.00. The fourth-order valence-electron chi connectivity index (χ4n) is 2.27. The molecule has 0 spiro atoms. The molecule has 0 aliphatic rings. The van der Waals surface area contributed by atoms with Crippen molar-refractivity contribution in [2.24, 2.45) is 0 Å². The Morgan fingerprint density at radius 1 is 0.960 bits per heavy atom. The summed E-state index contributed by atoms with van der Waals surface area (Å²) in [6, 6.07) is 14.4. The number of amides is 3. The second-order valence-electron chi connectivity index (χ2n) is 5.71. The molecule has 0 atom stereocenters. The van der Waals surface area contributed by atoms with Gasteiger partial charge in [-0.3, -0.25) is 14.4 Å². The van der Waals surface area contributed by atoms with Crippen molar-refractivity contribution >= 4 is 23.4 Å². The van der Waals surface area contributed by atoms with Crippen LogP contribution in [0.3, 0.4) is 0 Å². The van der Waals surface area contributed by atoms with Crippen molar-refractivity contribution in [2.75, 3.05) is 11.9 Å². The van der Waals surface area contributed by atoms with E-state index in [9.17, 15) is 14.4 Å². The molecule has 6 nitrogen and oxygen atoms in total. The highest BCUT2D eigenvalue weighted by atomic mass is 16.2. The van der Waals surface area contributed by atoms with Gasteiger partial charge in [-0.1, -0.05) is 29.8 Å². The molecular formula is C19H21N3O3. The molecule has 2 aromatic carbocycles. The minimum absolute atomic E-state index is 0.0990. The van der Waals surface area contributed by atoms with E-state index >= 15 is 0 Å². The summed E-state index contributed by atoms with van der Waals surface area (Å²) in [5, 5.41) is 8.01. The third kappa shape index (κ3) is 6.10. The van der Waals surface area contributed by atoms with Crippen LogP contribution in [-0.2, 0) is 16.1 Å². The van der Waals surface area contributed by atoms with Gasteiger partial charge in [0, 0.05) is 24.7 Å². The highest BCUT2D eigenvalue weighted by molar-refractivity contribution is 5.96. The second kappa shape index (κ2) is 8.63. The molecule has 0 aromatic heterocycles. The van der Waals surface area contributed by atoms with Gasteiger partial charge in [0.2, 0.25) is 11.8 Å². The van der Waals surface area contributed by atoms with Crippen molar-refractivity contribution in [3.63, 3.8) is 0 Å². The molecule has 6 heteroatoms. The molecule has 2 rings (SSSR count). The van der Waals surface area contributed by atoms with Gasteiger partial charge in [-0.15, -0.1) is 0 Å². The topological polar surface area (TPSA) is 87.3 Å². The van der Waals surface area contributed by atoms with Crippen molar-refractivity contribution in [1.29, 1.82) is 0 Å². The van der Waals surface area contributed by atoms with Crippen molar-refractivity contribution < 1.29 is 14.4 Å². The van der Waals surface area contributed by atoms with Crippen LogP contribution in [0.5, 0.6) is 0 Å². The summed E-state index contributed by atoms with van der Waals surface area (Å²) in [6.07, 6.45) is 0. The van der Waals surface area contributed by atoms with E-state index < -0.39 is 0 Å². The van der Waals surface area contributed by atoms with Crippen molar-refractivity contribution in [1.82, 2.24) is 10.6 Å². The first-order chi connectivity index (χ1) is 11.9. The Morgan fingerprint density at radius 2 is 1.72 bits per heavy atom. The molecule has 3 amide bonds. The summed E-state index contributed by atoms with van der Waals surface area (Å²) in [6.45, 7) is 3.55. The van der Waals surface area contributed by atoms with Gasteiger partial charge in [-0.25, -0.2) is 0 Å². The maximum Gasteiger partial charge on any atom is 0.251 e. The van der Waals surface area contributed by atoms with E-state index in [-0.39, 0.29) is 24.3 Å². The minimum atomic E-state index is -0.286. The van der Waals surface area contributed by atoms with Crippen LogP contribution in [0.15, 0.2) is 48.5 Å². The fourth-order valence-corrected chi connectivity index (χ4v) is 2.27.